The van der Waals surface area contributed by atoms with Crippen molar-refractivity contribution in [2.45, 2.75) is 25.7 Å². The molecule has 1 aliphatic rings. The summed E-state index contributed by atoms with van der Waals surface area (Å²) in [5.74, 6) is 1.30. The van der Waals surface area contributed by atoms with Crippen LogP contribution in [0, 0.1) is 0 Å². The van der Waals surface area contributed by atoms with Gasteiger partial charge in [-0.1, -0.05) is 6.92 Å². The van der Waals surface area contributed by atoms with E-state index in [2.05, 4.69) is 21.9 Å². The minimum atomic E-state index is 0.419. The first-order valence-corrected chi connectivity index (χ1v) is 6.84. The van der Waals surface area contributed by atoms with Gasteiger partial charge in [0.2, 0.25) is 0 Å². The first-order valence-electron chi connectivity index (χ1n) is 6.84. The summed E-state index contributed by atoms with van der Waals surface area (Å²) in [7, 11) is 0. The van der Waals surface area contributed by atoms with Crippen LogP contribution in [0.15, 0.2) is 18.3 Å². The van der Waals surface area contributed by atoms with Crippen molar-refractivity contribution in [3.8, 4) is 0 Å². The van der Waals surface area contributed by atoms with Crippen molar-refractivity contribution < 1.29 is 4.79 Å². The lowest BCUT2D eigenvalue weighted by Gasteiger charge is -2.29. The molecule has 3 heterocycles. The molecule has 0 aliphatic carbocycles. The summed E-state index contributed by atoms with van der Waals surface area (Å²) in [5.41, 5.74) is 1.28. The molecule has 3 rings (SSSR count). The van der Waals surface area contributed by atoms with E-state index in [4.69, 9.17) is 0 Å². The second-order valence-corrected chi connectivity index (χ2v) is 5.03. The maximum Gasteiger partial charge on any atom is 0.166 e. The third-order valence-electron chi connectivity index (χ3n) is 3.94. The zero-order valence-corrected chi connectivity index (χ0v) is 11.1. The Bertz CT molecular complexity index is 584. The lowest BCUT2D eigenvalue weighted by atomic mass is 9.96. The normalized spacial score (nSPS) is 17.9. The minimum Gasteiger partial charge on any atom is -0.304 e. The highest BCUT2D eigenvalue weighted by molar-refractivity contribution is 5.83. The number of aromatic nitrogens is 3. The Morgan fingerprint density at radius 1 is 1.42 bits per heavy atom. The number of carbonyl (C=O) groups excluding carboxylic acids is 1. The molecule has 1 aliphatic heterocycles. The molecule has 5 nitrogen and oxygen atoms in total. The predicted molar refractivity (Wildman–Crippen MR) is 72.5 cm³/mol. The van der Waals surface area contributed by atoms with Crippen molar-refractivity contribution >= 4 is 11.9 Å². The first-order chi connectivity index (χ1) is 9.31. The van der Waals surface area contributed by atoms with Crippen LogP contribution in [-0.4, -0.2) is 45.4 Å². The van der Waals surface area contributed by atoms with Gasteiger partial charge in [0.05, 0.1) is 5.56 Å². The van der Waals surface area contributed by atoms with Gasteiger partial charge in [0.15, 0.2) is 17.8 Å². The molecule has 2 aromatic rings. The minimum absolute atomic E-state index is 0.419. The highest BCUT2D eigenvalue weighted by atomic mass is 16.1. The van der Waals surface area contributed by atoms with E-state index >= 15 is 0 Å². The molecule has 2 aromatic heterocycles. The molecular weight excluding hydrogens is 240 g/mol. The fraction of sp³-hybridized carbons (Fsp3) is 0.500. The van der Waals surface area contributed by atoms with Gasteiger partial charge < -0.3 is 4.90 Å². The topological polar surface area (TPSA) is 50.5 Å². The predicted octanol–water partition coefficient (Wildman–Crippen LogP) is 1.74. The molecule has 0 saturated carbocycles. The van der Waals surface area contributed by atoms with Crippen LogP contribution in [0.4, 0.5) is 0 Å². The summed E-state index contributed by atoms with van der Waals surface area (Å²) >= 11 is 0. The van der Waals surface area contributed by atoms with Gasteiger partial charge in [0, 0.05) is 12.1 Å². The SMILES string of the molecule is CCN1CCC(c2nc3c(C=O)cccn3n2)CC1. The third-order valence-corrected chi connectivity index (χ3v) is 3.94. The lowest BCUT2D eigenvalue weighted by molar-refractivity contribution is 0.112. The molecule has 0 amide bonds. The summed E-state index contributed by atoms with van der Waals surface area (Å²) in [6.07, 6.45) is 4.88. The molecule has 0 spiro atoms. The van der Waals surface area contributed by atoms with E-state index in [-0.39, 0.29) is 0 Å². The first kappa shape index (κ1) is 12.3. The van der Waals surface area contributed by atoms with E-state index in [1.54, 1.807) is 10.6 Å². The van der Waals surface area contributed by atoms with Crippen molar-refractivity contribution in [1.82, 2.24) is 19.5 Å². The Morgan fingerprint density at radius 3 is 2.89 bits per heavy atom. The van der Waals surface area contributed by atoms with Crippen LogP contribution in [0.1, 0.15) is 41.9 Å². The van der Waals surface area contributed by atoms with Crippen molar-refractivity contribution in [2.75, 3.05) is 19.6 Å². The van der Waals surface area contributed by atoms with E-state index in [0.29, 0.717) is 17.1 Å². The summed E-state index contributed by atoms with van der Waals surface area (Å²) in [6, 6.07) is 3.61. The monoisotopic (exact) mass is 258 g/mol. The molecule has 0 unspecified atom stereocenters. The van der Waals surface area contributed by atoms with Gasteiger partial charge in [-0.3, -0.25) is 4.79 Å². The average Bonchev–Trinajstić information content (AvgIpc) is 2.91. The second kappa shape index (κ2) is 5.09. The largest absolute Gasteiger partial charge is 0.304 e. The number of fused-ring (bicyclic) bond motifs is 1. The quantitative estimate of drug-likeness (QED) is 0.787. The highest BCUT2D eigenvalue weighted by Gasteiger charge is 2.23. The molecule has 1 saturated heterocycles. The number of carbonyl (C=O) groups is 1. The maximum atomic E-state index is 11.0. The van der Waals surface area contributed by atoms with E-state index in [9.17, 15) is 4.79 Å². The van der Waals surface area contributed by atoms with Gasteiger partial charge in [0.1, 0.15) is 0 Å². The summed E-state index contributed by atoms with van der Waals surface area (Å²) in [5, 5.41) is 4.52. The zero-order valence-electron chi connectivity index (χ0n) is 11.1. The number of hydrogen-bond acceptors (Lipinski definition) is 4. The summed E-state index contributed by atoms with van der Waals surface area (Å²) in [4.78, 5) is 18.0. The standard InChI is InChI=1S/C14H18N4O/c1-2-17-8-5-11(6-9-17)13-15-14-12(10-19)4-3-7-18(14)16-13/h3-4,7,10-11H,2,5-6,8-9H2,1H3. The van der Waals surface area contributed by atoms with E-state index in [1.807, 2.05) is 12.3 Å². The van der Waals surface area contributed by atoms with Gasteiger partial charge in [-0.2, -0.15) is 5.10 Å². The average molecular weight is 258 g/mol. The number of nitrogens with zero attached hydrogens (tertiary/aromatic N) is 4. The highest BCUT2D eigenvalue weighted by Crippen LogP contribution is 2.26. The molecule has 1 fully saturated rings. The molecule has 19 heavy (non-hydrogen) atoms. The second-order valence-electron chi connectivity index (χ2n) is 5.03. The van der Waals surface area contributed by atoms with Crippen molar-refractivity contribution in [2.24, 2.45) is 0 Å². The molecule has 0 bridgehead atoms. The van der Waals surface area contributed by atoms with Crippen molar-refractivity contribution in [1.29, 1.82) is 0 Å². The van der Waals surface area contributed by atoms with Crippen LogP contribution in [0.3, 0.4) is 0 Å². The van der Waals surface area contributed by atoms with Crippen molar-refractivity contribution in [3.63, 3.8) is 0 Å². The third kappa shape index (κ3) is 2.26. The number of pyridine rings is 1. The van der Waals surface area contributed by atoms with E-state index < -0.39 is 0 Å². The molecule has 100 valence electrons. The van der Waals surface area contributed by atoms with Crippen LogP contribution in [0.2, 0.25) is 0 Å². The molecule has 0 N–H and O–H groups in total. The van der Waals surface area contributed by atoms with Gasteiger partial charge >= 0.3 is 0 Å². The van der Waals surface area contributed by atoms with Gasteiger partial charge in [0.25, 0.3) is 0 Å². The van der Waals surface area contributed by atoms with Crippen LogP contribution in [0.5, 0.6) is 0 Å². The van der Waals surface area contributed by atoms with E-state index in [1.165, 1.54) is 0 Å². The lowest BCUT2D eigenvalue weighted by Crippen LogP contribution is -2.32. The molecule has 0 aromatic carbocycles. The molecule has 0 radical (unpaired) electrons. The Hall–Kier alpha value is -1.75. The van der Waals surface area contributed by atoms with Crippen LogP contribution in [0.25, 0.3) is 5.65 Å². The zero-order chi connectivity index (χ0) is 13.2. The molecular formula is C14H18N4O. The number of rotatable bonds is 3. The Morgan fingerprint density at radius 2 is 2.21 bits per heavy atom. The number of aldehydes is 1. The van der Waals surface area contributed by atoms with Crippen LogP contribution < -0.4 is 0 Å². The maximum absolute atomic E-state index is 11.0. The fourth-order valence-corrected chi connectivity index (χ4v) is 2.72. The number of hydrogen-bond donors (Lipinski definition) is 0. The van der Waals surface area contributed by atoms with Crippen LogP contribution in [-0.2, 0) is 0 Å². The smallest absolute Gasteiger partial charge is 0.166 e. The molecule has 5 heteroatoms. The Kier molecular flexibility index (Phi) is 3.29. The summed E-state index contributed by atoms with van der Waals surface area (Å²) in [6.45, 7) is 5.52. The van der Waals surface area contributed by atoms with Gasteiger partial charge in [-0.15, -0.1) is 0 Å². The molecule has 0 atom stereocenters. The summed E-state index contributed by atoms with van der Waals surface area (Å²) < 4.78 is 1.71. The number of piperidine rings is 1. The van der Waals surface area contributed by atoms with E-state index in [0.717, 1.165) is 44.6 Å². The fourth-order valence-electron chi connectivity index (χ4n) is 2.72. The van der Waals surface area contributed by atoms with Crippen LogP contribution >= 0.6 is 0 Å². The Labute approximate surface area is 112 Å². The van der Waals surface area contributed by atoms with Gasteiger partial charge in [-0.05, 0) is 44.6 Å². The Balaban J connectivity index is 1.88. The van der Waals surface area contributed by atoms with Gasteiger partial charge in [-0.25, -0.2) is 9.50 Å². The van der Waals surface area contributed by atoms with Crippen molar-refractivity contribution in [3.05, 3.63) is 29.7 Å². The number of likely N-dealkylation sites (tertiary alicyclic amines) is 1.